The molecule has 2 amide bonds. The van der Waals surface area contributed by atoms with E-state index in [0.717, 1.165) is 0 Å². The van der Waals surface area contributed by atoms with Crippen LogP contribution in [0, 0.1) is 0 Å². The molecule has 0 aliphatic carbocycles. The van der Waals surface area contributed by atoms with E-state index in [1.54, 1.807) is 0 Å². The second-order valence-corrected chi connectivity index (χ2v) is 3.06. The third-order valence-electron chi connectivity index (χ3n) is 1.97. The Kier molecular flexibility index (Phi) is 2.34. The van der Waals surface area contributed by atoms with Crippen LogP contribution >= 0.6 is 0 Å². The van der Waals surface area contributed by atoms with E-state index in [9.17, 15) is 9.59 Å². The smallest absolute Gasteiger partial charge is 0.290 e. The van der Waals surface area contributed by atoms with E-state index in [-0.39, 0.29) is 30.2 Å². The van der Waals surface area contributed by atoms with Crippen LogP contribution < -0.4 is 16.4 Å². The second-order valence-electron chi connectivity index (χ2n) is 3.06. The first kappa shape index (κ1) is 9.59. The number of carbonyl (C=O) groups excluding carboxylic acids is 2. The molecule has 1 unspecified atom stereocenters. The number of primary amides is 1. The van der Waals surface area contributed by atoms with E-state index < -0.39 is 5.91 Å². The Balaban J connectivity index is 2.09. The van der Waals surface area contributed by atoms with Crippen LogP contribution in [0.4, 0.5) is 0 Å². The lowest BCUT2D eigenvalue weighted by Gasteiger charge is -2.20. The van der Waals surface area contributed by atoms with Crippen molar-refractivity contribution in [3.8, 4) is 0 Å². The van der Waals surface area contributed by atoms with Crippen molar-refractivity contribution in [1.29, 1.82) is 0 Å². The molecule has 1 atom stereocenters. The second kappa shape index (κ2) is 3.65. The summed E-state index contributed by atoms with van der Waals surface area (Å²) < 4.78 is 4.82. The Morgan fingerprint density at radius 3 is 2.93 bits per heavy atom. The summed E-state index contributed by atoms with van der Waals surface area (Å²) in [6.07, 6.45) is 0. The van der Waals surface area contributed by atoms with E-state index in [1.165, 1.54) is 0 Å². The van der Waals surface area contributed by atoms with Crippen LogP contribution in [0.5, 0.6) is 0 Å². The van der Waals surface area contributed by atoms with Crippen LogP contribution in [-0.4, -0.2) is 35.0 Å². The molecular formula is C7H9N5O3. The summed E-state index contributed by atoms with van der Waals surface area (Å²) in [5.74, 6) is -0.766. The maximum atomic E-state index is 10.8. The molecule has 1 aromatic heterocycles. The van der Waals surface area contributed by atoms with Crippen LogP contribution in [0.15, 0.2) is 4.52 Å². The van der Waals surface area contributed by atoms with Crippen LogP contribution in [0.2, 0.25) is 0 Å². The van der Waals surface area contributed by atoms with Gasteiger partial charge in [0.1, 0.15) is 6.04 Å². The fourth-order valence-electron chi connectivity index (χ4n) is 1.22. The maximum absolute atomic E-state index is 10.8. The first-order chi connectivity index (χ1) is 7.16. The Labute approximate surface area is 84.2 Å². The Morgan fingerprint density at radius 2 is 2.40 bits per heavy atom. The van der Waals surface area contributed by atoms with Gasteiger partial charge in [0.05, 0.1) is 6.54 Å². The standard InChI is InChI=1S/C7H9N5O3/c8-5(14)6-11-7(15-12-6)3-1-10-4(13)2-9-3/h3,9H,1-2H2,(H2,8,14)(H,10,13). The normalized spacial score (nSPS) is 21.1. The molecule has 1 aromatic rings. The van der Waals surface area contributed by atoms with Crippen LogP contribution in [0.25, 0.3) is 0 Å². The van der Waals surface area contributed by atoms with Crippen molar-refractivity contribution in [2.45, 2.75) is 6.04 Å². The number of nitrogens with zero attached hydrogens (tertiary/aromatic N) is 2. The van der Waals surface area contributed by atoms with Gasteiger partial charge in [-0.2, -0.15) is 4.98 Å². The molecule has 2 rings (SSSR count). The first-order valence-corrected chi connectivity index (χ1v) is 4.30. The van der Waals surface area contributed by atoms with Gasteiger partial charge in [0.2, 0.25) is 11.8 Å². The highest BCUT2D eigenvalue weighted by molar-refractivity contribution is 5.88. The van der Waals surface area contributed by atoms with Crippen molar-refractivity contribution in [3.05, 3.63) is 11.7 Å². The zero-order valence-corrected chi connectivity index (χ0v) is 7.69. The molecule has 15 heavy (non-hydrogen) atoms. The average molecular weight is 211 g/mol. The molecule has 0 spiro atoms. The van der Waals surface area contributed by atoms with Crippen molar-refractivity contribution in [2.24, 2.45) is 5.73 Å². The number of piperazine rings is 1. The third-order valence-corrected chi connectivity index (χ3v) is 1.97. The van der Waals surface area contributed by atoms with Gasteiger partial charge in [0.25, 0.3) is 11.7 Å². The highest BCUT2D eigenvalue weighted by atomic mass is 16.5. The molecule has 8 heteroatoms. The number of rotatable bonds is 2. The molecule has 1 fully saturated rings. The van der Waals surface area contributed by atoms with E-state index in [4.69, 9.17) is 10.3 Å². The number of hydrogen-bond donors (Lipinski definition) is 3. The monoisotopic (exact) mass is 211 g/mol. The molecule has 1 saturated heterocycles. The van der Waals surface area contributed by atoms with Crippen molar-refractivity contribution in [1.82, 2.24) is 20.8 Å². The lowest BCUT2D eigenvalue weighted by Crippen LogP contribution is -2.47. The quantitative estimate of drug-likeness (QED) is 0.516. The number of aromatic nitrogens is 2. The van der Waals surface area contributed by atoms with Gasteiger partial charge in [-0.15, -0.1) is 0 Å². The molecular weight excluding hydrogens is 202 g/mol. The Morgan fingerprint density at radius 1 is 1.60 bits per heavy atom. The van der Waals surface area contributed by atoms with E-state index in [0.29, 0.717) is 6.54 Å². The largest absolute Gasteiger partial charge is 0.363 e. The number of nitrogens with one attached hydrogen (secondary N) is 2. The molecule has 0 aromatic carbocycles. The fourth-order valence-corrected chi connectivity index (χ4v) is 1.22. The predicted octanol–water partition coefficient (Wildman–Crippen LogP) is -2.07. The lowest BCUT2D eigenvalue weighted by atomic mass is 10.2. The van der Waals surface area contributed by atoms with Gasteiger partial charge >= 0.3 is 0 Å². The van der Waals surface area contributed by atoms with E-state index >= 15 is 0 Å². The highest BCUT2D eigenvalue weighted by Crippen LogP contribution is 2.10. The molecule has 1 aliphatic rings. The van der Waals surface area contributed by atoms with Gasteiger partial charge in [-0.3, -0.25) is 14.9 Å². The first-order valence-electron chi connectivity index (χ1n) is 4.30. The number of amides is 2. The number of hydrogen-bond acceptors (Lipinski definition) is 6. The maximum Gasteiger partial charge on any atom is 0.290 e. The number of carbonyl (C=O) groups is 2. The van der Waals surface area contributed by atoms with Gasteiger partial charge in [0, 0.05) is 6.54 Å². The molecule has 80 valence electrons. The van der Waals surface area contributed by atoms with Crippen LogP contribution in [-0.2, 0) is 4.79 Å². The van der Waals surface area contributed by atoms with Crippen LogP contribution in [0.1, 0.15) is 22.6 Å². The molecule has 0 radical (unpaired) electrons. The summed E-state index contributed by atoms with van der Waals surface area (Å²) in [6, 6.07) is -0.275. The van der Waals surface area contributed by atoms with Crippen molar-refractivity contribution in [2.75, 3.05) is 13.1 Å². The highest BCUT2D eigenvalue weighted by Gasteiger charge is 2.24. The number of nitrogens with two attached hydrogens (primary N) is 1. The van der Waals surface area contributed by atoms with Gasteiger partial charge < -0.3 is 15.6 Å². The summed E-state index contributed by atoms with van der Waals surface area (Å²) in [4.78, 5) is 25.3. The SMILES string of the molecule is NC(=O)c1noc(C2CNC(=O)CN2)n1. The minimum absolute atomic E-state index is 0.0964. The summed E-state index contributed by atoms with van der Waals surface area (Å²) in [7, 11) is 0. The summed E-state index contributed by atoms with van der Waals surface area (Å²) in [6.45, 7) is 0.526. The minimum Gasteiger partial charge on any atom is -0.363 e. The van der Waals surface area contributed by atoms with Crippen molar-refractivity contribution >= 4 is 11.8 Å². The Bertz CT molecular complexity index is 391. The van der Waals surface area contributed by atoms with Crippen molar-refractivity contribution in [3.63, 3.8) is 0 Å². The molecule has 0 saturated carbocycles. The zero-order valence-electron chi connectivity index (χ0n) is 7.69. The van der Waals surface area contributed by atoms with Gasteiger partial charge in [0.15, 0.2) is 0 Å². The van der Waals surface area contributed by atoms with E-state index in [1.807, 2.05) is 0 Å². The molecule has 0 bridgehead atoms. The minimum atomic E-state index is -0.746. The predicted molar refractivity (Wildman–Crippen MR) is 46.6 cm³/mol. The fraction of sp³-hybridized carbons (Fsp3) is 0.429. The molecule has 2 heterocycles. The summed E-state index contributed by atoms with van der Waals surface area (Å²) in [5.41, 5.74) is 4.96. The zero-order chi connectivity index (χ0) is 10.8. The van der Waals surface area contributed by atoms with Gasteiger partial charge in [-0.25, -0.2) is 0 Å². The molecule has 8 nitrogen and oxygen atoms in total. The topological polar surface area (TPSA) is 123 Å². The third kappa shape index (κ3) is 1.94. The lowest BCUT2D eigenvalue weighted by molar-refractivity contribution is -0.121. The van der Waals surface area contributed by atoms with Gasteiger partial charge in [-0.1, -0.05) is 5.16 Å². The average Bonchev–Trinajstić information content (AvgIpc) is 2.68. The molecule has 4 N–H and O–H groups in total. The molecule has 1 aliphatic heterocycles. The van der Waals surface area contributed by atoms with E-state index in [2.05, 4.69) is 20.8 Å². The summed E-state index contributed by atoms with van der Waals surface area (Å²) in [5, 5.41) is 8.90. The van der Waals surface area contributed by atoms with Crippen molar-refractivity contribution < 1.29 is 14.1 Å². The Hall–Kier alpha value is -1.96. The summed E-state index contributed by atoms with van der Waals surface area (Å²) >= 11 is 0. The van der Waals surface area contributed by atoms with Crippen LogP contribution in [0.3, 0.4) is 0 Å². The van der Waals surface area contributed by atoms with Gasteiger partial charge in [-0.05, 0) is 0 Å².